The molecule has 0 bridgehead atoms. The van der Waals surface area contributed by atoms with Gasteiger partial charge in [0.05, 0.1) is 23.1 Å². The topological polar surface area (TPSA) is 98.9 Å². The molecule has 0 spiro atoms. The third-order valence-electron chi connectivity index (χ3n) is 2.88. The van der Waals surface area contributed by atoms with Crippen molar-refractivity contribution in [3.63, 3.8) is 0 Å². The highest BCUT2D eigenvalue weighted by molar-refractivity contribution is 7.89. The maximum atomic E-state index is 12.4. The summed E-state index contributed by atoms with van der Waals surface area (Å²) in [5, 5.41) is 0.102. The third-order valence-corrected chi connectivity index (χ3v) is 5.07. The smallest absolute Gasteiger partial charge is 0.255 e. The van der Waals surface area contributed by atoms with Gasteiger partial charge in [0.2, 0.25) is 10.0 Å². The van der Waals surface area contributed by atoms with Gasteiger partial charge in [-0.1, -0.05) is 11.6 Å². The summed E-state index contributed by atoms with van der Waals surface area (Å²) in [7, 11) is -3.61. The van der Waals surface area contributed by atoms with Crippen LogP contribution < -0.4 is 10.5 Å². The first-order valence-electron chi connectivity index (χ1n) is 6.20. The van der Waals surface area contributed by atoms with Gasteiger partial charge in [-0.2, -0.15) is 4.31 Å². The Hall–Kier alpha value is -1.35. The molecule has 1 saturated heterocycles. The molecule has 0 aliphatic carbocycles. The number of ether oxygens (including phenoxy) is 2. The summed E-state index contributed by atoms with van der Waals surface area (Å²) in [6.45, 7) is 1.02. The largest absolute Gasteiger partial charge is 0.482 e. The zero-order valence-corrected chi connectivity index (χ0v) is 12.7. The Morgan fingerprint density at radius 3 is 2.62 bits per heavy atom. The Morgan fingerprint density at radius 1 is 1.38 bits per heavy atom. The minimum Gasteiger partial charge on any atom is -0.482 e. The Bertz CT molecular complexity index is 629. The number of nitrogens with two attached hydrogens (primary N) is 1. The fourth-order valence-electron chi connectivity index (χ4n) is 1.84. The lowest BCUT2D eigenvalue weighted by Gasteiger charge is -2.26. The molecule has 0 unspecified atom stereocenters. The number of sulfonamides is 1. The van der Waals surface area contributed by atoms with Crippen molar-refractivity contribution in [3.05, 3.63) is 23.2 Å². The highest BCUT2D eigenvalue weighted by Gasteiger charge is 2.26. The van der Waals surface area contributed by atoms with Crippen molar-refractivity contribution in [2.24, 2.45) is 5.73 Å². The number of rotatable bonds is 5. The quantitative estimate of drug-likeness (QED) is 0.830. The number of amides is 1. The Labute approximate surface area is 127 Å². The second kappa shape index (κ2) is 6.61. The molecule has 0 radical (unpaired) electrons. The standard InChI is InChI=1S/C12H15ClN2O5S/c13-10-7-9(1-2-11(10)20-8-12(14)16)21(17,18)15-3-5-19-6-4-15/h1-2,7H,3-6,8H2,(H2,14,16). The minimum absolute atomic E-state index is 0.0702. The number of carbonyl (C=O) groups excluding carboxylic acids is 1. The summed E-state index contributed by atoms with van der Waals surface area (Å²) < 4.78 is 36.4. The van der Waals surface area contributed by atoms with E-state index in [4.69, 9.17) is 26.8 Å². The van der Waals surface area contributed by atoms with Crippen LogP contribution in [0.1, 0.15) is 0 Å². The van der Waals surface area contributed by atoms with Crippen LogP contribution in [0.4, 0.5) is 0 Å². The maximum Gasteiger partial charge on any atom is 0.255 e. The van der Waals surface area contributed by atoms with Crippen LogP contribution in [0.15, 0.2) is 23.1 Å². The minimum atomic E-state index is -3.61. The molecule has 0 saturated carbocycles. The average Bonchev–Trinajstić information content (AvgIpc) is 2.46. The zero-order chi connectivity index (χ0) is 15.5. The molecule has 1 aliphatic rings. The van der Waals surface area contributed by atoms with Gasteiger partial charge in [-0.15, -0.1) is 0 Å². The Morgan fingerprint density at radius 2 is 2.05 bits per heavy atom. The van der Waals surface area contributed by atoms with Crippen LogP contribution in [0.2, 0.25) is 5.02 Å². The molecule has 0 atom stereocenters. The molecule has 1 aromatic carbocycles. The van der Waals surface area contributed by atoms with Crippen molar-refractivity contribution in [3.8, 4) is 5.75 Å². The van der Waals surface area contributed by atoms with E-state index in [1.807, 2.05) is 0 Å². The molecule has 2 N–H and O–H groups in total. The van der Waals surface area contributed by atoms with Crippen LogP contribution in [0, 0.1) is 0 Å². The molecule has 1 aliphatic heterocycles. The molecule has 1 aromatic rings. The normalized spacial score (nSPS) is 16.6. The number of carbonyl (C=O) groups is 1. The second-order valence-electron chi connectivity index (χ2n) is 4.36. The van der Waals surface area contributed by atoms with Gasteiger partial charge in [0.25, 0.3) is 5.91 Å². The van der Waals surface area contributed by atoms with E-state index in [9.17, 15) is 13.2 Å². The van der Waals surface area contributed by atoms with Gasteiger partial charge in [-0.25, -0.2) is 8.42 Å². The van der Waals surface area contributed by atoms with E-state index in [2.05, 4.69) is 0 Å². The first kappa shape index (κ1) is 16.0. The number of hydrogen-bond acceptors (Lipinski definition) is 5. The number of benzene rings is 1. The molecule has 1 heterocycles. The van der Waals surface area contributed by atoms with Crippen LogP contribution in [0.5, 0.6) is 5.75 Å². The lowest BCUT2D eigenvalue weighted by Crippen LogP contribution is -2.40. The van der Waals surface area contributed by atoms with E-state index in [0.29, 0.717) is 26.3 Å². The van der Waals surface area contributed by atoms with Gasteiger partial charge in [-0.3, -0.25) is 4.79 Å². The summed E-state index contributed by atoms with van der Waals surface area (Å²) in [6, 6.07) is 4.08. The van der Waals surface area contributed by atoms with Crippen molar-refractivity contribution in [1.29, 1.82) is 0 Å². The van der Waals surface area contributed by atoms with E-state index in [1.165, 1.54) is 22.5 Å². The lowest BCUT2D eigenvalue weighted by molar-refractivity contribution is -0.119. The van der Waals surface area contributed by atoms with E-state index in [1.54, 1.807) is 0 Å². The van der Waals surface area contributed by atoms with Crippen molar-refractivity contribution in [2.75, 3.05) is 32.9 Å². The van der Waals surface area contributed by atoms with Crippen molar-refractivity contribution < 1.29 is 22.7 Å². The van der Waals surface area contributed by atoms with Gasteiger partial charge < -0.3 is 15.2 Å². The van der Waals surface area contributed by atoms with Crippen molar-refractivity contribution in [1.82, 2.24) is 4.31 Å². The summed E-state index contributed by atoms with van der Waals surface area (Å²) in [4.78, 5) is 10.7. The van der Waals surface area contributed by atoms with Crippen molar-refractivity contribution >= 4 is 27.5 Å². The molecular weight excluding hydrogens is 320 g/mol. The van der Waals surface area contributed by atoms with Gasteiger partial charge in [-0.05, 0) is 18.2 Å². The third kappa shape index (κ3) is 3.85. The first-order chi connectivity index (χ1) is 9.91. The summed E-state index contributed by atoms with van der Waals surface area (Å²) in [6.07, 6.45) is 0. The maximum absolute atomic E-state index is 12.4. The number of halogens is 1. The van der Waals surface area contributed by atoms with E-state index in [0.717, 1.165) is 0 Å². The van der Waals surface area contributed by atoms with Gasteiger partial charge in [0.1, 0.15) is 5.75 Å². The molecule has 116 valence electrons. The van der Waals surface area contributed by atoms with E-state index in [-0.39, 0.29) is 22.3 Å². The molecule has 0 aromatic heterocycles. The van der Waals surface area contributed by atoms with Crippen molar-refractivity contribution in [2.45, 2.75) is 4.90 Å². The highest BCUT2D eigenvalue weighted by Crippen LogP contribution is 2.28. The number of hydrogen-bond donors (Lipinski definition) is 1. The predicted octanol–water partition coefficient (Wildman–Crippen LogP) is 0.225. The average molecular weight is 335 g/mol. The van der Waals surface area contributed by atoms with Crippen LogP contribution in [0.25, 0.3) is 0 Å². The highest BCUT2D eigenvalue weighted by atomic mass is 35.5. The van der Waals surface area contributed by atoms with Gasteiger partial charge >= 0.3 is 0 Å². The molecule has 2 rings (SSSR count). The zero-order valence-electron chi connectivity index (χ0n) is 11.1. The van der Waals surface area contributed by atoms with E-state index < -0.39 is 15.9 Å². The fourth-order valence-corrected chi connectivity index (χ4v) is 3.58. The van der Waals surface area contributed by atoms with Gasteiger partial charge in [0, 0.05) is 13.1 Å². The Kier molecular flexibility index (Phi) is 5.04. The number of morpholine rings is 1. The molecule has 1 fully saturated rings. The second-order valence-corrected chi connectivity index (χ2v) is 6.71. The number of nitrogens with zero attached hydrogens (tertiary/aromatic N) is 1. The predicted molar refractivity (Wildman–Crippen MR) is 75.7 cm³/mol. The van der Waals surface area contributed by atoms with Crippen LogP contribution in [0.3, 0.4) is 0 Å². The van der Waals surface area contributed by atoms with E-state index >= 15 is 0 Å². The molecule has 21 heavy (non-hydrogen) atoms. The molecular formula is C12H15ClN2O5S. The van der Waals surface area contributed by atoms with Crippen LogP contribution in [-0.4, -0.2) is 51.5 Å². The fraction of sp³-hybridized carbons (Fsp3) is 0.417. The summed E-state index contributed by atoms with van der Waals surface area (Å²) in [5.74, 6) is -0.438. The SMILES string of the molecule is NC(=O)COc1ccc(S(=O)(=O)N2CCOCC2)cc1Cl. The monoisotopic (exact) mass is 334 g/mol. The van der Waals surface area contributed by atoms with Crippen LogP contribution >= 0.6 is 11.6 Å². The Balaban J connectivity index is 2.20. The number of primary amides is 1. The summed E-state index contributed by atoms with van der Waals surface area (Å²) in [5.41, 5.74) is 4.97. The summed E-state index contributed by atoms with van der Waals surface area (Å²) >= 11 is 5.97. The lowest BCUT2D eigenvalue weighted by atomic mass is 10.3. The molecule has 9 heteroatoms. The van der Waals surface area contributed by atoms with Crippen LogP contribution in [-0.2, 0) is 19.6 Å². The molecule has 7 nitrogen and oxygen atoms in total. The molecule has 1 amide bonds. The van der Waals surface area contributed by atoms with Gasteiger partial charge in [0.15, 0.2) is 6.61 Å². The first-order valence-corrected chi connectivity index (χ1v) is 8.01.